The summed E-state index contributed by atoms with van der Waals surface area (Å²) in [6, 6.07) is 13.2. The summed E-state index contributed by atoms with van der Waals surface area (Å²) in [6.07, 6.45) is 5.83. The highest BCUT2D eigenvalue weighted by Crippen LogP contribution is 2.19. The fraction of sp³-hybridized carbons (Fsp3) is 0.615. The largest absolute Gasteiger partial charge is 0.261 e. The average Bonchev–Trinajstić information content (AvgIpc) is 3.01. The molecule has 2 heterocycles. The molecule has 1 aromatic carbocycles. The first-order chi connectivity index (χ1) is 19.8. The van der Waals surface area contributed by atoms with Gasteiger partial charge in [-0.25, -0.2) is 9.97 Å². The van der Waals surface area contributed by atoms with Gasteiger partial charge in [0.1, 0.15) is 5.82 Å². The Bertz CT molecular complexity index is 753. The van der Waals surface area contributed by atoms with Crippen LogP contribution >= 0.6 is 0 Å². The molecule has 0 aliphatic heterocycles. The van der Waals surface area contributed by atoms with Crippen molar-refractivity contribution < 1.29 is 0 Å². The van der Waals surface area contributed by atoms with Crippen molar-refractivity contribution in [2.45, 2.75) is 160 Å². The van der Waals surface area contributed by atoms with Crippen LogP contribution in [0, 0.1) is 0 Å². The van der Waals surface area contributed by atoms with Crippen LogP contribution in [0.3, 0.4) is 0 Å². The first-order valence-electron chi connectivity index (χ1n) is 16.7. The third-order valence-electron chi connectivity index (χ3n) is 6.21. The van der Waals surface area contributed by atoms with Crippen LogP contribution < -0.4 is 0 Å². The summed E-state index contributed by atoms with van der Waals surface area (Å²) in [5.41, 5.74) is 6.57. The van der Waals surface area contributed by atoms with E-state index in [4.69, 9.17) is 0 Å². The molecule has 42 heavy (non-hydrogen) atoms. The van der Waals surface area contributed by atoms with E-state index in [-0.39, 0.29) is 0 Å². The molecular formula is C39H69N3. The second kappa shape index (κ2) is 26.1. The first kappa shape index (κ1) is 43.9. The van der Waals surface area contributed by atoms with Crippen molar-refractivity contribution >= 4 is 0 Å². The minimum absolute atomic E-state index is 0.422. The molecule has 0 bridgehead atoms. The molecule has 3 nitrogen and oxygen atoms in total. The third-order valence-corrected chi connectivity index (χ3v) is 6.21. The van der Waals surface area contributed by atoms with E-state index in [1.54, 1.807) is 0 Å². The highest BCUT2D eigenvalue weighted by Gasteiger charge is 2.04. The number of rotatable bonds is 6. The van der Waals surface area contributed by atoms with Crippen molar-refractivity contribution in [2.75, 3.05) is 0 Å². The van der Waals surface area contributed by atoms with E-state index in [9.17, 15) is 0 Å². The van der Waals surface area contributed by atoms with Crippen LogP contribution in [0.25, 0.3) is 0 Å². The second-order valence-corrected chi connectivity index (χ2v) is 11.5. The van der Waals surface area contributed by atoms with Crippen molar-refractivity contribution in [1.29, 1.82) is 0 Å². The lowest BCUT2D eigenvalue weighted by Crippen LogP contribution is -1.99. The number of nitrogens with zero attached hydrogens (tertiary/aromatic N) is 3. The molecule has 0 spiro atoms. The van der Waals surface area contributed by atoms with Gasteiger partial charge in [0.25, 0.3) is 0 Å². The molecule has 0 saturated heterocycles. The van der Waals surface area contributed by atoms with Crippen molar-refractivity contribution in [3.63, 3.8) is 0 Å². The van der Waals surface area contributed by atoms with Gasteiger partial charge in [-0.3, -0.25) is 4.98 Å². The molecule has 3 heteroatoms. The molecule has 0 aliphatic carbocycles. The lowest BCUT2D eigenvalue weighted by Gasteiger charge is -2.08. The van der Waals surface area contributed by atoms with Gasteiger partial charge in [-0.15, -0.1) is 0 Å². The van der Waals surface area contributed by atoms with Crippen molar-refractivity contribution in [1.82, 2.24) is 15.0 Å². The van der Waals surface area contributed by atoms with E-state index in [1.165, 1.54) is 27.9 Å². The van der Waals surface area contributed by atoms with Gasteiger partial charge in [-0.1, -0.05) is 155 Å². The van der Waals surface area contributed by atoms with Crippen molar-refractivity contribution in [3.05, 3.63) is 88.8 Å². The third kappa shape index (κ3) is 18.8. The standard InChI is InChI=1S/C12H18.C11H17N.C10H16N2.3C2H6/c1-9(2)11-5-7-12(8-6-11)10(3)4;1-8(2)10-5-6-11(9(3)4)12-7-10;1-7(2)9-5-11-10(8(3)4)12-6-9;3*1-2/h5-10H,1-4H3;5-9H,1-4H3;5-8H,1-4H3;3*1-2H3. The molecule has 0 N–H and O–H groups in total. The smallest absolute Gasteiger partial charge is 0.130 e. The van der Waals surface area contributed by atoms with Gasteiger partial charge in [-0.05, 0) is 57.9 Å². The van der Waals surface area contributed by atoms with E-state index in [0.717, 1.165) is 5.82 Å². The summed E-state index contributed by atoms with van der Waals surface area (Å²) in [6.45, 7) is 38.1. The molecule has 0 radical (unpaired) electrons. The van der Waals surface area contributed by atoms with Gasteiger partial charge in [0.2, 0.25) is 0 Å². The molecule has 0 amide bonds. The second-order valence-electron chi connectivity index (χ2n) is 11.5. The maximum Gasteiger partial charge on any atom is 0.130 e. The fourth-order valence-corrected chi connectivity index (χ4v) is 3.31. The number of pyridine rings is 1. The Kier molecular flexibility index (Phi) is 27.3. The molecule has 3 rings (SSSR count). The molecule has 0 unspecified atom stereocenters. The molecule has 0 aliphatic rings. The van der Waals surface area contributed by atoms with Crippen LogP contribution in [0.2, 0.25) is 0 Å². The molecule has 3 aromatic rings. The maximum atomic E-state index is 4.40. The quantitative estimate of drug-likeness (QED) is 0.291. The van der Waals surface area contributed by atoms with Crippen molar-refractivity contribution in [2.24, 2.45) is 0 Å². The minimum atomic E-state index is 0.422. The van der Waals surface area contributed by atoms with Crippen LogP contribution in [-0.2, 0) is 0 Å². The highest BCUT2D eigenvalue weighted by atomic mass is 14.9. The zero-order valence-corrected chi connectivity index (χ0v) is 31.0. The van der Waals surface area contributed by atoms with Crippen LogP contribution in [0.1, 0.15) is 194 Å². The Morgan fingerprint density at radius 2 is 0.643 bits per heavy atom. The van der Waals surface area contributed by atoms with Gasteiger partial charge in [0, 0.05) is 30.2 Å². The van der Waals surface area contributed by atoms with Gasteiger partial charge in [0.15, 0.2) is 0 Å². The van der Waals surface area contributed by atoms with E-state index in [2.05, 4.69) is 134 Å². The molecule has 240 valence electrons. The summed E-state index contributed by atoms with van der Waals surface area (Å²) >= 11 is 0. The Morgan fingerprint density at radius 1 is 0.333 bits per heavy atom. The van der Waals surface area contributed by atoms with E-state index in [0.29, 0.717) is 35.5 Å². The number of benzene rings is 1. The van der Waals surface area contributed by atoms with E-state index >= 15 is 0 Å². The molecule has 0 atom stereocenters. The van der Waals surface area contributed by atoms with Gasteiger partial charge in [0.05, 0.1) is 0 Å². The molecule has 0 fully saturated rings. The maximum absolute atomic E-state index is 4.40. The Labute approximate surface area is 263 Å². The number of hydrogen-bond acceptors (Lipinski definition) is 3. The summed E-state index contributed by atoms with van der Waals surface area (Å²) < 4.78 is 0. The monoisotopic (exact) mass is 580 g/mol. The lowest BCUT2D eigenvalue weighted by atomic mass is 9.97. The predicted octanol–water partition coefficient (Wildman–Crippen LogP) is 13.1. The Balaban J connectivity index is -0.000000497. The summed E-state index contributed by atoms with van der Waals surface area (Å²) in [5.74, 6) is 4.28. The van der Waals surface area contributed by atoms with Gasteiger partial charge < -0.3 is 0 Å². The number of hydrogen-bond donors (Lipinski definition) is 0. The molecule has 0 saturated carbocycles. The van der Waals surface area contributed by atoms with E-state index in [1.807, 2.05) is 60.1 Å². The minimum Gasteiger partial charge on any atom is -0.261 e. The van der Waals surface area contributed by atoms with Crippen LogP contribution in [-0.4, -0.2) is 15.0 Å². The van der Waals surface area contributed by atoms with Crippen LogP contribution in [0.15, 0.2) is 55.0 Å². The Hall–Kier alpha value is -2.55. The van der Waals surface area contributed by atoms with Crippen molar-refractivity contribution in [3.8, 4) is 0 Å². The summed E-state index contributed by atoms with van der Waals surface area (Å²) in [7, 11) is 0. The summed E-state index contributed by atoms with van der Waals surface area (Å²) in [4.78, 5) is 13.0. The zero-order chi connectivity index (χ0) is 33.4. The summed E-state index contributed by atoms with van der Waals surface area (Å²) in [5, 5.41) is 0. The predicted molar refractivity (Wildman–Crippen MR) is 191 cm³/mol. The fourth-order valence-electron chi connectivity index (χ4n) is 3.31. The normalized spacial score (nSPS) is 10.0. The number of aromatic nitrogens is 3. The zero-order valence-electron chi connectivity index (χ0n) is 31.0. The van der Waals surface area contributed by atoms with E-state index < -0.39 is 0 Å². The van der Waals surface area contributed by atoms with Gasteiger partial charge >= 0.3 is 0 Å². The molecular weight excluding hydrogens is 510 g/mol. The van der Waals surface area contributed by atoms with Gasteiger partial charge in [-0.2, -0.15) is 0 Å². The van der Waals surface area contributed by atoms with Crippen LogP contribution in [0.5, 0.6) is 0 Å². The SMILES string of the molecule is CC.CC.CC.CC(C)c1ccc(C(C)C)cc1.CC(C)c1ccc(C(C)C)nc1.CC(C)c1cnc(C(C)C)nc1. The Morgan fingerprint density at radius 3 is 0.881 bits per heavy atom. The first-order valence-corrected chi connectivity index (χ1v) is 16.7. The van der Waals surface area contributed by atoms with Crippen LogP contribution in [0.4, 0.5) is 0 Å². The molecule has 2 aromatic heterocycles. The average molecular weight is 580 g/mol. The lowest BCUT2D eigenvalue weighted by molar-refractivity contribution is 0.754. The topological polar surface area (TPSA) is 38.7 Å². The highest BCUT2D eigenvalue weighted by molar-refractivity contribution is 5.26.